The van der Waals surface area contributed by atoms with E-state index < -0.39 is 5.56 Å². The van der Waals surface area contributed by atoms with Crippen molar-refractivity contribution in [3.63, 3.8) is 0 Å². The molecular weight excluding hydrogens is 401 g/mol. The van der Waals surface area contributed by atoms with Gasteiger partial charge >= 0.3 is 0 Å². The van der Waals surface area contributed by atoms with Gasteiger partial charge in [0.05, 0.1) is 41.9 Å². The van der Waals surface area contributed by atoms with E-state index in [2.05, 4.69) is 5.10 Å². The molecule has 1 fully saturated rings. The largest absolute Gasteiger partial charge is 0.394 e. The molecule has 6 nitrogen and oxygen atoms in total. The molecule has 0 amide bonds. The third kappa shape index (κ3) is 4.15. The lowest BCUT2D eigenvalue weighted by Gasteiger charge is -2.34. The first-order chi connectivity index (χ1) is 12.5. The molecule has 1 aromatic carbocycles. The Morgan fingerprint density at radius 1 is 1.27 bits per heavy atom. The highest BCUT2D eigenvalue weighted by atomic mass is 35.5. The van der Waals surface area contributed by atoms with Gasteiger partial charge < -0.3 is 14.7 Å². The molecule has 0 radical (unpaired) electrons. The van der Waals surface area contributed by atoms with E-state index >= 15 is 0 Å². The molecule has 0 spiro atoms. The fourth-order valence-corrected chi connectivity index (χ4v) is 3.72. The van der Waals surface area contributed by atoms with Crippen LogP contribution in [0.15, 0.2) is 29.2 Å². The molecule has 1 aliphatic heterocycles. The summed E-state index contributed by atoms with van der Waals surface area (Å²) >= 11 is 18.4. The van der Waals surface area contributed by atoms with Crippen molar-refractivity contribution >= 4 is 40.5 Å². The lowest BCUT2D eigenvalue weighted by molar-refractivity contribution is 0.0214. The summed E-state index contributed by atoms with van der Waals surface area (Å²) in [6.07, 6.45) is 3.35. The highest BCUT2D eigenvalue weighted by Gasteiger charge is 2.24. The molecule has 2 aromatic rings. The standard InChI is InChI=1S/C17H18Cl3N3O3/c18-11-3-4-14(13(19)8-11)23-17(25)16(20)15(9-21-23)22-5-1-2-12(10-22)26-7-6-24/h3-4,8-9,12,24H,1-2,5-7,10H2. The van der Waals surface area contributed by atoms with E-state index in [1.807, 2.05) is 4.90 Å². The maximum absolute atomic E-state index is 12.7. The highest BCUT2D eigenvalue weighted by Crippen LogP contribution is 2.28. The van der Waals surface area contributed by atoms with Crippen LogP contribution in [0, 0.1) is 0 Å². The van der Waals surface area contributed by atoms with Crippen LogP contribution in [-0.4, -0.2) is 47.3 Å². The van der Waals surface area contributed by atoms with E-state index in [9.17, 15) is 4.79 Å². The maximum atomic E-state index is 12.7. The predicted octanol–water partition coefficient (Wildman–Crippen LogP) is 3.17. The van der Waals surface area contributed by atoms with Crippen molar-refractivity contribution < 1.29 is 9.84 Å². The van der Waals surface area contributed by atoms with Gasteiger partial charge in [-0.2, -0.15) is 9.78 Å². The number of benzene rings is 1. The Balaban J connectivity index is 1.89. The van der Waals surface area contributed by atoms with Gasteiger partial charge in [-0.15, -0.1) is 0 Å². The molecule has 0 saturated carbocycles. The fourth-order valence-electron chi connectivity index (χ4n) is 2.98. The molecule has 1 N–H and O–H groups in total. The monoisotopic (exact) mass is 417 g/mol. The van der Waals surface area contributed by atoms with E-state index in [0.717, 1.165) is 24.1 Å². The molecule has 3 rings (SSSR count). The second-order valence-electron chi connectivity index (χ2n) is 5.96. The third-order valence-corrected chi connectivity index (χ3v) is 5.10. The van der Waals surface area contributed by atoms with Gasteiger partial charge in [-0.25, -0.2) is 0 Å². The van der Waals surface area contributed by atoms with Crippen LogP contribution in [0.25, 0.3) is 5.69 Å². The molecule has 1 aliphatic rings. The van der Waals surface area contributed by atoms with Gasteiger partial charge in [0.2, 0.25) is 0 Å². The Hall–Kier alpha value is -1.31. The van der Waals surface area contributed by atoms with Crippen molar-refractivity contribution in [2.24, 2.45) is 0 Å². The Morgan fingerprint density at radius 2 is 2.08 bits per heavy atom. The normalized spacial score (nSPS) is 17.5. The average molecular weight is 419 g/mol. The van der Waals surface area contributed by atoms with Gasteiger partial charge in [0, 0.05) is 18.1 Å². The third-order valence-electron chi connectivity index (χ3n) is 4.20. The topological polar surface area (TPSA) is 67.6 Å². The Kier molecular flexibility index (Phi) is 6.42. The number of aromatic nitrogens is 2. The van der Waals surface area contributed by atoms with Gasteiger partial charge in [-0.05, 0) is 31.0 Å². The maximum Gasteiger partial charge on any atom is 0.292 e. The summed E-state index contributed by atoms with van der Waals surface area (Å²) in [5, 5.41) is 14.0. The van der Waals surface area contributed by atoms with Crippen molar-refractivity contribution in [3.8, 4) is 5.69 Å². The smallest absolute Gasteiger partial charge is 0.292 e. The summed E-state index contributed by atoms with van der Waals surface area (Å²) in [4.78, 5) is 14.7. The zero-order valence-corrected chi connectivity index (χ0v) is 16.1. The van der Waals surface area contributed by atoms with E-state index in [1.54, 1.807) is 24.4 Å². The number of aliphatic hydroxyl groups is 1. The molecule has 0 bridgehead atoms. The van der Waals surface area contributed by atoms with Crippen molar-refractivity contribution in [1.82, 2.24) is 9.78 Å². The summed E-state index contributed by atoms with van der Waals surface area (Å²) in [7, 11) is 0. The van der Waals surface area contributed by atoms with Crippen LogP contribution in [0.3, 0.4) is 0 Å². The zero-order chi connectivity index (χ0) is 18.7. The van der Waals surface area contributed by atoms with Crippen molar-refractivity contribution in [3.05, 3.63) is 49.8 Å². The minimum absolute atomic E-state index is 0.0138. The summed E-state index contributed by atoms with van der Waals surface area (Å²) in [6.45, 7) is 1.62. The van der Waals surface area contributed by atoms with Crippen molar-refractivity contribution in [2.45, 2.75) is 18.9 Å². The number of halogens is 3. The Labute approximate surface area is 165 Å². The number of aliphatic hydroxyl groups excluding tert-OH is 1. The van der Waals surface area contributed by atoms with Gasteiger partial charge in [-0.1, -0.05) is 34.8 Å². The van der Waals surface area contributed by atoms with Crippen LogP contribution in [-0.2, 0) is 4.74 Å². The minimum atomic E-state index is -0.452. The van der Waals surface area contributed by atoms with Crippen LogP contribution in [0.2, 0.25) is 15.1 Å². The average Bonchev–Trinajstić information content (AvgIpc) is 2.63. The predicted molar refractivity (Wildman–Crippen MR) is 103 cm³/mol. The number of anilines is 1. The number of rotatable bonds is 5. The summed E-state index contributed by atoms with van der Waals surface area (Å²) in [6, 6.07) is 4.79. The first-order valence-corrected chi connectivity index (χ1v) is 9.35. The molecule has 1 saturated heterocycles. The summed E-state index contributed by atoms with van der Waals surface area (Å²) in [5.41, 5.74) is 0.527. The molecule has 9 heteroatoms. The molecule has 26 heavy (non-hydrogen) atoms. The number of piperidine rings is 1. The SMILES string of the molecule is O=c1c(Cl)c(N2CCCC(OCCO)C2)cnn1-c1ccc(Cl)cc1Cl. The second kappa shape index (κ2) is 8.59. The van der Waals surface area contributed by atoms with Gasteiger partial charge in [0.25, 0.3) is 5.56 Å². The quantitative estimate of drug-likeness (QED) is 0.808. The lowest BCUT2D eigenvalue weighted by Crippen LogP contribution is -2.41. The number of hydrogen-bond acceptors (Lipinski definition) is 5. The number of nitrogens with zero attached hydrogens (tertiary/aromatic N) is 3. The lowest BCUT2D eigenvalue weighted by atomic mass is 10.1. The van der Waals surface area contributed by atoms with Crippen LogP contribution in [0.4, 0.5) is 5.69 Å². The summed E-state index contributed by atoms with van der Waals surface area (Å²) in [5.74, 6) is 0. The number of ether oxygens (including phenoxy) is 1. The fraction of sp³-hybridized carbons (Fsp3) is 0.412. The van der Waals surface area contributed by atoms with Crippen molar-refractivity contribution in [2.75, 3.05) is 31.2 Å². The molecule has 1 aromatic heterocycles. The molecule has 2 heterocycles. The van der Waals surface area contributed by atoms with Gasteiger partial charge in [0.15, 0.2) is 0 Å². The zero-order valence-electron chi connectivity index (χ0n) is 13.9. The minimum Gasteiger partial charge on any atom is -0.394 e. The van der Waals surface area contributed by atoms with Crippen LogP contribution in [0.1, 0.15) is 12.8 Å². The molecule has 0 aliphatic carbocycles. The first kappa shape index (κ1) is 19.5. The van der Waals surface area contributed by atoms with Crippen molar-refractivity contribution in [1.29, 1.82) is 0 Å². The molecule has 1 unspecified atom stereocenters. The summed E-state index contributed by atoms with van der Waals surface area (Å²) < 4.78 is 6.77. The highest BCUT2D eigenvalue weighted by molar-refractivity contribution is 6.36. The van der Waals surface area contributed by atoms with Gasteiger partial charge in [0.1, 0.15) is 5.02 Å². The van der Waals surface area contributed by atoms with Crippen LogP contribution >= 0.6 is 34.8 Å². The Morgan fingerprint density at radius 3 is 2.81 bits per heavy atom. The Bertz CT molecular complexity index is 844. The van der Waals surface area contributed by atoms with Gasteiger partial charge in [-0.3, -0.25) is 4.79 Å². The van der Waals surface area contributed by atoms with Crippen LogP contribution < -0.4 is 10.5 Å². The van der Waals surface area contributed by atoms with E-state index in [4.69, 9.17) is 44.6 Å². The first-order valence-electron chi connectivity index (χ1n) is 8.22. The molecule has 140 valence electrons. The second-order valence-corrected chi connectivity index (χ2v) is 7.18. The van der Waals surface area contributed by atoms with E-state index in [-0.39, 0.29) is 17.7 Å². The molecule has 1 atom stereocenters. The van der Waals surface area contributed by atoms with E-state index in [1.165, 1.54) is 0 Å². The molecular formula is C17H18Cl3N3O3. The number of hydrogen-bond donors (Lipinski definition) is 1. The van der Waals surface area contributed by atoms with Crippen LogP contribution in [0.5, 0.6) is 0 Å². The van der Waals surface area contributed by atoms with E-state index in [0.29, 0.717) is 34.6 Å².